The lowest BCUT2D eigenvalue weighted by molar-refractivity contribution is 0.155. The fraction of sp³-hybridized carbons (Fsp3) is 1.00. The Morgan fingerprint density at radius 1 is 1.38 bits per heavy atom. The third kappa shape index (κ3) is 4.37. The summed E-state index contributed by atoms with van der Waals surface area (Å²) in [5.41, 5.74) is 0. The van der Waals surface area contributed by atoms with Crippen LogP contribution in [0.5, 0.6) is 0 Å². The van der Waals surface area contributed by atoms with Gasteiger partial charge in [-0.3, -0.25) is 0 Å². The molecule has 0 bridgehead atoms. The lowest BCUT2D eigenvalue weighted by Crippen LogP contribution is -2.20. The molecule has 0 aromatic carbocycles. The average molecular weight is 202 g/mol. The molecule has 1 aliphatic heterocycles. The third-order valence-corrected chi connectivity index (χ3v) is 4.18. The number of thioether (sulfide) groups is 1. The van der Waals surface area contributed by atoms with Gasteiger partial charge in [-0.2, -0.15) is 11.8 Å². The first kappa shape index (κ1) is 11.4. The molecule has 0 amide bonds. The maximum absolute atomic E-state index is 9.84. The molecule has 1 heterocycles. The van der Waals surface area contributed by atoms with E-state index in [1.165, 1.54) is 31.4 Å². The first-order valence-electron chi connectivity index (χ1n) is 5.50. The minimum absolute atomic E-state index is 0.0359. The average Bonchev–Trinajstić information content (AvgIpc) is 2.55. The van der Waals surface area contributed by atoms with Crippen LogP contribution >= 0.6 is 11.8 Å². The maximum Gasteiger partial charge on any atom is 0.0658 e. The summed E-state index contributed by atoms with van der Waals surface area (Å²) in [6, 6.07) is 0. The summed E-state index contributed by atoms with van der Waals surface area (Å²) in [4.78, 5) is 0. The molecule has 1 saturated heterocycles. The summed E-state index contributed by atoms with van der Waals surface area (Å²) in [5, 5.41) is 10.4. The molecule has 78 valence electrons. The second-order valence-corrected chi connectivity index (χ2v) is 5.79. The first-order chi connectivity index (χ1) is 6.20. The number of hydrogen-bond donors (Lipinski definition) is 1. The molecular weight excluding hydrogens is 180 g/mol. The Morgan fingerprint density at radius 2 is 2.15 bits per heavy atom. The molecule has 2 unspecified atom stereocenters. The Kier molecular flexibility index (Phi) is 5.18. The second-order valence-electron chi connectivity index (χ2n) is 4.44. The van der Waals surface area contributed by atoms with Crippen molar-refractivity contribution in [3.8, 4) is 0 Å². The van der Waals surface area contributed by atoms with Gasteiger partial charge < -0.3 is 5.11 Å². The molecule has 1 rings (SSSR count). The van der Waals surface area contributed by atoms with Gasteiger partial charge >= 0.3 is 0 Å². The normalized spacial score (nSPS) is 25.4. The quantitative estimate of drug-likeness (QED) is 0.739. The van der Waals surface area contributed by atoms with Crippen LogP contribution in [0.1, 0.15) is 46.0 Å². The molecule has 0 spiro atoms. The van der Waals surface area contributed by atoms with E-state index in [4.69, 9.17) is 0 Å². The summed E-state index contributed by atoms with van der Waals surface area (Å²) in [7, 11) is 0. The van der Waals surface area contributed by atoms with E-state index in [9.17, 15) is 5.11 Å². The molecule has 0 radical (unpaired) electrons. The summed E-state index contributed by atoms with van der Waals surface area (Å²) in [6.45, 7) is 4.49. The second kappa shape index (κ2) is 5.92. The lowest BCUT2D eigenvalue weighted by atomic mass is 10.0. The highest BCUT2D eigenvalue weighted by atomic mass is 32.2. The van der Waals surface area contributed by atoms with Gasteiger partial charge in [0.1, 0.15) is 0 Å². The topological polar surface area (TPSA) is 20.2 Å². The predicted octanol–water partition coefficient (Wildman–Crippen LogP) is 3.07. The number of aliphatic hydroxyl groups excluding tert-OH is 1. The van der Waals surface area contributed by atoms with Gasteiger partial charge in [-0.15, -0.1) is 0 Å². The molecule has 1 fully saturated rings. The van der Waals surface area contributed by atoms with Gasteiger partial charge in [-0.25, -0.2) is 0 Å². The van der Waals surface area contributed by atoms with Crippen LogP contribution in [-0.2, 0) is 0 Å². The van der Waals surface area contributed by atoms with E-state index in [1.807, 2.05) is 11.8 Å². The van der Waals surface area contributed by atoms with E-state index in [1.54, 1.807) is 0 Å². The molecule has 0 aromatic rings. The van der Waals surface area contributed by atoms with Crippen molar-refractivity contribution < 1.29 is 5.11 Å². The van der Waals surface area contributed by atoms with Crippen molar-refractivity contribution in [2.24, 2.45) is 5.92 Å². The zero-order valence-electron chi connectivity index (χ0n) is 8.83. The van der Waals surface area contributed by atoms with Crippen molar-refractivity contribution in [2.75, 3.05) is 5.75 Å². The van der Waals surface area contributed by atoms with Crippen LogP contribution in [0.4, 0.5) is 0 Å². The summed E-state index contributed by atoms with van der Waals surface area (Å²) < 4.78 is 0. The van der Waals surface area contributed by atoms with Gasteiger partial charge in [0.05, 0.1) is 6.10 Å². The highest BCUT2D eigenvalue weighted by Gasteiger charge is 2.23. The van der Waals surface area contributed by atoms with Gasteiger partial charge in [-0.05, 0) is 30.9 Å². The van der Waals surface area contributed by atoms with Crippen molar-refractivity contribution in [3.63, 3.8) is 0 Å². The molecule has 1 aliphatic rings. The minimum Gasteiger partial charge on any atom is -0.392 e. The Labute approximate surface area is 86.3 Å². The molecule has 0 saturated carbocycles. The van der Waals surface area contributed by atoms with Crippen LogP contribution < -0.4 is 0 Å². The Bertz CT molecular complexity index is 130. The van der Waals surface area contributed by atoms with Crippen molar-refractivity contribution in [1.82, 2.24) is 0 Å². The largest absolute Gasteiger partial charge is 0.392 e. The van der Waals surface area contributed by atoms with E-state index in [-0.39, 0.29) is 6.10 Å². The van der Waals surface area contributed by atoms with E-state index in [0.29, 0.717) is 5.25 Å². The molecule has 1 nitrogen and oxygen atoms in total. The van der Waals surface area contributed by atoms with Crippen molar-refractivity contribution >= 4 is 11.8 Å². The van der Waals surface area contributed by atoms with Gasteiger partial charge in [0, 0.05) is 5.25 Å². The lowest BCUT2D eigenvalue weighted by Gasteiger charge is -2.17. The summed E-state index contributed by atoms with van der Waals surface area (Å²) >= 11 is 1.96. The van der Waals surface area contributed by atoms with Crippen LogP contribution in [-0.4, -0.2) is 22.2 Å². The van der Waals surface area contributed by atoms with E-state index in [2.05, 4.69) is 13.8 Å². The third-order valence-electron chi connectivity index (χ3n) is 2.68. The van der Waals surface area contributed by atoms with Crippen molar-refractivity contribution in [3.05, 3.63) is 0 Å². The fourth-order valence-electron chi connectivity index (χ4n) is 1.83. The molecule has 1 N–H and O–H groups in total. The fourth-order valence-corrected chi connectivity index (χ4v) is 3.15. The molecule has 2 heteroatoms. The highest BCUT2D eigenvalue weighted by Crippen LogP contribution is 2.30. The van der Waals surface area contributed by atoms with Gasteiger partial charge in [0.15, 0.2) is 0 Å². The molecule has 13 heavy (non-hydrogen) atoms. The monoisotopic (exact) mass is 202 g/mol. The van der Waals surface area contributed by atoms with E-state index in [0.717, 1.165) is 12.3 Å². The van der Waals surface area contributed by atoms with Gasteiger partial charge in [0.2, 0.25) is 0 Å². The molecule has 2 atom stereocenters. The predicted molar refractivity (Wildman–Crippen MR) is 60.2 cm³/mol. The van der Waals surface area contributed by atoms with Crippen LogP contribution in [0.25, 0.3) is 0 Å². The zero-order valence-corrected chi connectivity index (χ0v) is 9.65. The number of hydrogen-bond acceptors (Lipinski definition) is 2. The van der Waals surface area contributed by atoms with Crippen LogP contribution in [0, 0.1) is 5.92 Å². The van der Waals surface area contributed by atoms with Crippen molar-refractivity contribution in [2.45, 2.75) is 57.3 Å². The SMILES string of the molecule is CC(C)CCCC(O)C1CCCS1. The number of rotatable bonds is 5. The Hall–Kier alpha value is 0.310. The maximum atomic E-state index is 9.84. The zero-order chi connectivity index (χ0) is 9.68. The van der Waals surface area contributed by atoms with E-state index < -0.39 is 0 Å². The minimum atomic E-state index is -0.0359. The highest BCUT2D eigenvalue weighted by molar-refractivity contribution is 8.00. The van der Waals surface area contributed by atoms with Gasteiger partial charge in [0.25, 0.3) is 0 Å². The number of aliphatic hydroxyl groups is 1. The standard InChI is InChI=1S/C11H22OS/c1-9(2)5-3-6-10(12)11-7-4-8-13-11/h9-12H,3-8H2,1-2H3. The Morgan fingerprint density at radius 3 is 2.69 bits per heavy atom. The van der Waals surface area contributed by atoms with Crippen LogP contribution in [0.3, 0.4) is 0 Å². The molecule has 0 aromatic heterocycles. The van der Waals surface area contributed by atoms with Crippen LogP contribution in [0.2, 0.25) is 0 Å². The Balaban J connectivity index is 2.06. The smallest absolute Gasteiger partial charge is 0.0658 e. The summed E-state index contributed by atoms with van der Waals surface area (Å²) in [6.07, 6.45) is 5.95. The molecule has 0 aliphatic carbocycles. The van der Waals surface area contributed by atoms with Crippen LogP contribution in [0.15, 0.2) is 0 Å². The first-order valence-corrected chi connectivity index (χ1v) is 6.54. The van der Waals surface area contributed by atoms with Gasteiger partial charge in [-0.1, -0.05) is 26.7 Å². The van der Waals surface area contributed by atoms with Crippen molar-refractivity contribution in [1.29, 1.82) is 0 Å². The molecular formula is C11H22OS. The summed E-state index contributed by atoms with van der Waals surface area (Å²) in [5.74, 6) is 2.04. The van der Waals surface area contributed by atoms with E-state index >= 15 is 0 Å².